The Labute approximate surface area is 127 Å². The SMILES string of the molecule is CC(C)C1(C)CC(=O)N(CC2(O)CCC(C)(C)CC2)C1=O. The molecular weight excluding hydrogens is 266 g/mol. The zero-order chi connectivity index (χ0) is 16.1. The number of β-amino-alcohol motifs (C(OH)–C–C–N with tert-alkyl or cyclic N) is 1. The van der Waals surface area contributed by atoms with Crippen LogP contribution in [0.25, 0.3) is 0 Å². The smallest absolute Gasteiger partial charge is 0.235 e. The summed E-state index contributed by atoms with van der Waals surface area (Å²) in [6, 6.07) is 0. The van der Waals surface area contributed by atoms with Gasteiger partial charge in [-0.25, -0.2) is 0 Å². The number of carbonyl (C=O) groups excluding carboxylic acids is 2. The van der Waals surface area contributed by atoms with E-state index in [1.165, 1.54) is 4.90 Å². The molecule has 0 aromatic rings. The molecule has 2 rings (SSSR count). The molecule has 1 N–H and O–H groups in total. The summed E-state index contributed by atoms with van der Waals surface area (Å²) in [6.07, 6.45) is 3.46. The Bertz CT molecular complexity index is 445. The molecule has 2 amide bonds. The first-order valence-electron chi connectivity index (χ1n) is 8.06. The molecule has 1 atom stereocenters. The predicted molar refractivity (Wildman–Crippen MR) is 81.5 cm³/mol. The van der Waals surface area contributed by atoms with Crippen LogP contribution in [-0.4, -0.2) is 34.0 Å². The van der Waals surface area contributed by atoms with Crippen molar-refractivity contribution in [1.29, 1.82) is 0 Å². The summed E-state index contributed by atoms with van der Waals surface area (Å²) >= 11 is 0. The Morgan fingerprint density at radius 3 is 2.05 bits per heavy atom. The number of rotatable bonds is 3. The molecule has 1 unspecified atom stereocenters. The first kappa shape index (κ1) is 16.5. The minimum atomic E-state index is -0.900. The second-order valence-corrected chi connectivity index (χ2v) is 8.42. The standard InChI is InChI=1S/C17H29NO3/c1-12(2)16(5)10-13(19)18(14(16)20)11-17(21)8-6-15(3,4)7-9-17/h12,21H,6-11H2,1-5H3. The highest BCUT2D eigenvalue weighted by atomic mass is 16.3. The third-order valence-electron chi connectivity index (χ3n) is 5.81. The molecule has 0 aromatic heterocycles. The van der Waals surface area contributed by atoms with Crippen LogP contribution in [0.4, 0.5) is 0 Å². The van der Waals surface area contributed by atoms with E-state index in [2.05, 4.69) is 13.8 Å². The molecule has 21 heavy (non-hydrogen) atoms. The van der Waals surface area contributed by atoms with Gasteiger partial charge in [-0.05, 0) is 43.9 Å². The lowest BCUT2D eigenvalue weighted by Gasteiger charge is -2.41. The molecule has 1 aliphatic carbocycles. The lowest BCUT2D eigenvalue weighted by molar-refractivity contribution is -0.147. The van der Waals surface area contributed by atoms with Crippen molar-refractivity contribution in [1.82, 2.24) is 4.90 Å². The summed E-state index contributed by atoms with van der Waals surface area (Å²) in [6.45, 7) is 10.4. The third kappa shape index (κ3) is 3.01. The highest BCUT2D eigenvalue weighted by Gasteiger charge is 2.52. The Hall–Kier alpha value is -0.900. The summed E-state index contributed by atoms with van der Waals surface area (Å²) in [4.78, 5) is 26.2. The zero-order valence-electron chi connectivity index (χ0n) is 14.0. The number of imide groups is 1. The van der Waals surface area contributed by atoms with Gasteiger partial charge in [-0.1, -0.05) is 27.7 Å². The van der Waals surface area contributed by atoms with Crippen LogP contribution >= 0.6 is 0 Å². The van der Waals surface area contributed by atoms with Gasteiger partial charge < -0.3 is 5.11 Å². The van der Waals surface area contributed by atoms with Crippen molar-refractivity contribution in [2.24, 2.45) is 16.7 Å². The van der Waals surface area contributed by atoms with E-state index in [1.54, 1.807) is 0 Å². The summed E-state index contributed by atoms with van der Waals surface area (Å²) in [5.41, 5.74) is -1.26. The normalized spacial score (nSPS) is 32.0. The van der Waals surface area contributed by atoms with Crippen LogP contribution in [0.1, 0.15) is 66.7 Å². The first-order valence-corrected chi connectivity index (χ1v) is 8.06. The van der Waals surface area contributed by atoms with Gasteiger partial charge in [-0.3, -0.25) is 14.5 Å². The number of nitrogens with zero attached hydrogens (tertiary/aromatic N) is 1. The number of amides is 2. The first-order chi connectivity index (χ1) is 9.49. The zero-order valence-corrected chi connectivity index (χ0v) is 14.0. The molecule has 1 saturated heterocycles. The minimum absolute atomic E-state index is 0.110. The van der Waals surface area contributed by atoms with E-state index in [0.29, 0.717) is 12.8 Å². The largest absolute Gasteiger partial charge is 0.388 e. The van der Waals surface area contributed by atoms with Gasteiger partial charge in [-0.2, -0.15) is 0 Å². The van der Waals surface area contributed by atoms with Gasteiger partial charge in [0.1, 0.15) is 0 Å². The fraction of sp³-hybridized carbons (Fsp3) is 0.882. The fourth-order valence-corrected chi connectivity index (χ4v) is 3.36. The number of hydrogen-bond acceptors (Lipinski definition) is 3. The summed E-state index contributed by atoms with van der Waals surface area (Å²) in [5, 5.41) is 10.8. The Balaban J connectivity index is 2.10. The molecule has 2 fully saturated rings. The molecular formula is C17H29NO3. The highest BCUT2D eigenvalue weighted by molar-refractivity contribution is 6.05. The number of aliphatic hydroxyl groups is 1. The van der Waals surface area contributed by atoms with Crippen LogP contribution in [0.3, 0.4) is 0 Å². The van der Waals surface area contributed by atoms with Gasteiger partial charge in [0.15, 0.2) is 0 Å². The maximum absolute atomic E-state index is 12.6. The van der Waals surface area contributed by atoms with Crippen LogP contribution in [0, 0.1) is 16.7 Å². The van der Waals surface area contributed by atoms with Gasteiger partial charge in [0, 0.05) is 6.42 Å². The molecule has 0 bridgehead atoms. The van der Waals surface area contributed by atoms with Crippen LogP contribution < -0.4 is 0 Å². The molecule has 0 radical (unpaired) electrons. The summed E-state index contributed by atoms with van der Waals surface area (Å²) in [7, 11) is 0. The van der Waals surface area contributed by atoms with Gasteiger partial charge >= 0.3 is 0 Å². The second kappa shape index (κ2) is 5.08. The predicted octanol–water partition coefficient (Wildman–Crippen LogP) is 2.74. The van der Waals surface area contributed by atoms with E-state index in [-0.39, 0.29) is 36.1 Å². The maximum Gasteiger partial charge on any atom is 0.235 e. The molecule has 1 saturated carbocycles. The Kier molecular flexibility index (Phi) is 3.98. The molecule has 0 spiro atoms. The van der Waals surface area contributed by atoms with E-state index in [0.717, 1.165) is 12.8 Å². The van der Waals surface area contributed by atoms with E-state index >= 15 is 0 Å². The number of hydrogen-bond donors (Lipinski definition) is 1. The quantitative estimate of drug-likeness (QED) is 0.815. The summed E-state index contributed by atoms with van der Waals surface area (Å²) in [5.74, 6) is -0.117. The van der Waals surface area contributed by atoms with Crippen molar-refractivity contribution >= 4 is 11.8 Å². The minimum Gasteiger partial charge on any atom is -0.388 e. The van der Waals surface area contributed by atoms with E-state index in [1.807, 2.05) is 20.8 Å². The fourth-order valence-electron chi connectivity index (χ4n) is 3.36. The van der Waals surface area contributed by atoms with Gasteiger partial charge in [0.2, 0.25) is 11.8 Å². The van der Waals surface area contributed by atoms with Crippen LogP contribution in [0.15, 0.2) is 0 Å². The maximum atomic E-state index is 12.6. The Morgan fingerprint density at radius 2 is 1.62 bits per heavy atom. The van der Waals surface area contributed by atoms with E-state index in [4.69, 9.17) is 0 Å². The number of likely N-dealkylation sites (tertiary alicyclic amines) is 1. The van der Waals surface area contributed by atoms with Crippen molar-refractivity contribution in [2.75, 3.05) is 6.54 Å². The molecule has 0 aromatic carbocycles. The van der Waals surface area contributed by atoms with Gasteiger partial charge in [0.05, 0.1) is 17.6 Å². The molecule has 1 heterocycles. The van der Waals surface area contributed by atoms with E-state index < -0.39 is 11.0 Å². The lowest BCUT2D eigenvalue weighted by Crippen LogP contribution is -2.49. The van der Waals surface area contributed by atoms with Crippen molar-refractivity contribution < 1.29 is 14.7 Å². The van der Waals surface area contributed by atoms with Crippen LogP contribution in [-0.2, 0) is 9.59 Å². The van der Waals surface area contributed by atoms with Crippen molar-refractivity contribution in [3.63, 3.8) is 0 Å². The lowest BCUT2D eigenvalue weighted by atomic mass is 9.71. The molecule has 2 aliphatic rings. The van der Waals surface area contributed by atoms with Crippen molar-refractivity contribution in [3.05, 3.63) is 0 Å². The van der Waals surface area contributed by atoms with Crippen molar-refractivity contribution in [3.8, 4) is 0 Å². The third-order valence-corrected chi connectivity index (χ3v) is 5.81. The molecule has 4 nitrogen and oxygen atoms in total. The topological polar surface area (TPSA) is 57.6 Å². The second-order valence-electron chi connectivity index (χ2n) is 8.42. The average Bonchev–Trinajstić information content (AvgIpc) is 2.59. The van der Waals surface area contributed by atoms with Crippen LogP contribution in [0.5, 0.6) is 0 Å². The molecule has 120 valence electrons. The average molecular weight is 295 g/mol. The summed E-state index contributed by atoms with van der Waals surface area (Å²) < 4.78 is 0. The monoisotopic (exact) mass is 295 g/mol. The molecule has 4 heteroatoms. The molecule has 1 aliphatic heterocycles. The van der Waals surface area contributed by atoms with E-state index in [9.17, 15) is 14.7 Å². The van der Waals surface area contributed by atoms with Gasteiger partial charge in [0.25, 0.3) is 0 Å². The highest BCUT2D eigenvalue weighted by Crippen LogP contribution is 2.43. The van der Waals surface area contributed by atoms with Crippen LogP contribution in [0.2, 0.25) is 0 Å². The van der Waals surface area contributed by atoms with Gasteiger partial charge in [-0.15, -0.1) is 0 Å². The van der Waals surface area contributed by atoms with Crippen molar-refractivity contribution in [2.45, 2.75) is 72.3 Å². The number of carbonyl (C=O) groups is 2. The Morgan fingerprint density at radius 1 is 1.10 bits per heavy atom.